The summed E-state index contributed by atoms with van der Waals surface area (Å²) >= 11 is 5.91. The van der Waals surface area contributed by atoms with Crippen LogP contribution in [0.3, 0.4) is 0 Å². The van der Waals surface area contributed by atoms with E-state index < -0.39 is 0 Å². The van der Waals surface area contributed by atoms with E-state index in [4.69, 9.17) is 11.6 Å². The first kappa shape index (κ1) is 14.2. The zero-order chi connectivity index (χ0) is 14.0. The third-order valence-corrected chi connectivity index (χ3v) is 3.81. The summed E-state index contributed by atoms with van der Waals surface area (Å²) in [5.74, 6) is 0.187. The molecular weight excluding hydrogens is 268 g/mol. The fraction of sp³-hybridized carbons (Fsp3) is 0.538. The largest absolute Gasteiger partial charge is 0.393 e. The summed E-state index contributed by atoms with van der Waals surface area (Å²) in [6.07, 6.45) is 0.431. The van der Waals surface area contributed by atoms with Gasteiger partial charge in [-0.2, -0.15) is 0 Å². The molecule has 5 nitrogen and oxygen atoms in total. The molecule has 104 valence electrons. The van der Waals surface area contributed by atoms with Crippen molar-refractivity contribution in [2.75, 3.05) is 13.1 Å². The summed E-state index contributed by atoms with van der Waals surface area (Å²) in [6, 6.07) is 4.63. The lowest BCUT2D eigenvalue weighted by atomic mass is 9.96. The van der Waals surface area contributed by atoms with Crippen molar-refractivity contribution in [3.63, 3.8) is 0 Å². The Morgan fingerprint density at radius 2 is 2.32 bits per heavy atom. The first-order chi connectivity index (χ1) is 8.97. The van der Waals surface area contributed by atoms with Crippen molar-refractivity contribution in [3.8, 4) is 0 Å². The van der Waals surface area contributed by atoms with Crippen molar-refractivity contribution in [2.24, 2.45) is 5.92 Å². The Labute approximate surface area is 116 Å². The molecule has 0 aromatic heterocycles. The molecule has 2 atom stereocenters. The van der Waals surface area contributed by atoms with Crippen LogP contribution in [0.4, 0.5) is 5.69 Å². The predicted octanol–water partition coefficient (Wildman–Crippen LogP) is 2.45. The molecular formula is C13H17ClN2O3. The maximum absolute atomic E-state index is 11.0. The Morgan fingerprint density at radius 3 is 2.95 bits per heavy atom. The lowest BCUT2D eigenvalue weighted by molar-refractivity contribution is -0.385. The Kier molecular flexibility index (Phi) is 4.39. The Hall–Kier alpha value is -1.17. The van der Waals surface area contributed by atoms with Gasteiger partial charge in [-0.25, -0.2) is 0 Å². The topological polar surface area (TPSA) is 66.6 Å². The molecule has 1 fully saturated rings. The summed E-state index contributed by atoms with van der Waals surface area (Å²) in [6.45, 7) is 3.97. The van der Waals surface area contributed by atoms with Gasteiger partial charge in [-0.05, 0) is 24.5 Å². The average Bonchev–Trinajstić information content (AvgIpc) is 2.33. The number of likely N-dealkylation sites (tertiary alicyclic amines) is 1. The minimum atomic E-state index is -0.381. The van der Waals surface area contributed by atoms with Gasteiger partial charge in [0.05, 0.1) is 11.0 Å². The number of aliphatic hydroxyl groups is 1. The molecule has 1 aliphatic heterocycles. The fourth-order valence-electron chi connectivity index (χ4n) is 2.46. The van der Waals surface area contributed by atoms with E-state index in [1.807, 2.05) is 6.92 Å². The second kappa shape index (κ2) is 5.86. The van der Waals surface area contributed by atoms with Gasteiger partial charge in [-0.3, -0.25) is 15.0 Å². The quantitative estimate of drug-likeness (QED) is 0.684. The van der Waals surface area contributed by atoms with E-state index in [0.29, 0.717) is 23.6 Å². The van der Waals surface area contributed by atoms with E-state index in [-0.39, 0.29) is 22.6 Å². The Bertz CT molecular complexity index is 481. The van der Waals surface area contributed by atoms with Gasteiger partial charge >= 0.3 is 0 Å². The van der Waals surface area contributed by atoms with E-state index in [1.165, 1.54) is 12.1 Å². The summed E-state index contributed by atoms with van der Waals surface area (Å²) in [4.78, 5) is 12.7. The highest BCUT2D eigenvalue weighted by molar-refractivity contribution is 6.30. The number of piperidine rings is 1. The number of aliphatic hydroxyl groups excluding tert-OH is 1. The van der Waals surface area contributed by atoms with Crippen LogP contribution in [-0.4, -0.2) is 34.1 Å². The first-order valence-corrected chi connectivity index (χ1v) is 6.68. The minimum Gasteiger partial charge on any atom is -0.393 e. The molecule has 0 saturated carbocycles. The lowest BCUT2D eigenvalue weighted by Crippen LogP contribution is -2.41. The molecule has 1 N–H and O–H groups in total. The number of benzene rings is 1. The maximum atomic E-state index is 11.0. The smallest absolute Gasteiger partial charge is 0.273 e. The van der Waals surface area contributed by atoms with Gasteiger partial charge in [-0.15, -0.1) is 0 Å². The van der Waals surface area contributed by atoms with Crippen molar-refractivity contribution in [2.45, 2.75) is 26.0 Å². The summed E-state index contributed by atoms with van der Waals surface area (Å²) in [7, 11) is 0. The molecule has 0 amide bonds. The normalized spacial score (nSPS) is 24.4. The second-order valence-corrected chi connectivity index (χ2v) is 5.54. The van der Waals surface area contributed by atoms with Gasteiger partial charge in [0.25, 0.3) is 5.69 Å². The van der Waals surface area contributed by atoms with Crippen LogP contribution in [0, 0.1) is 16.0 Å². The molecule has 0 aliphatic carbocycles. The molecule has 0 radical (unpaired) electrons. The van der Waals surface area contributed by atoms with E-state index in [1.54, 1.807) is 6.07 Å². The van der Waals surface area contributed by atoms with Crippen LogP contribution >= 0.6 is 11.6 Å². The van der Waals surface area contributed by atoms with Gasteiger partial charge < -0.3 is 5.11 Å². The molecule has 6 heteroatoms. The highest BCUT2D eigenvalue weighted by Crippen LogP contribution is 2.26. The van der Waals surface area contributed by atoms with Crippen LogP contribution in [0.1, 0.15) is 18.9 Å². The second-order valence-electron chi connectivity index (χ2n) is 5.10. The molecule has 1 aromatic rings. The van der Waals surface area contributed by atoms with Gasteiger partial charge in [0.15, 0.2) is 0 Å². The minimum absolute atomic E-state index is 0.100. The SMILES string of the molecule is CC1CN(Cc2cc(Cl)ccc2[N+](=O)[O-])CCC1O. The molecule has 1 heterocycles. The number of nitrogens with zero attached hydrogens (tertiary/aromatic N) is 2. The third-order valence-electron chi connectivity index (χ3n) is 3.58. The van der Waals surface area contributed by atoms with E-state index in [0.717, 1.165) is 13.1 Å². The zero-order valence-corrected chi connectivity index (χ0v) is 11.5. The fourth-order valence-corrected chi connectivity index (χ4v) is 2.66. The number of nitro groups is 1. The molecule has 0 spiro atoms. The monoisotopic (exact) mass is 284 g/mol. The summed E-state index contributed by atoms with van der Waals surface area (Å²) in [5, 5.41) is 21.2. The number of hydrogen-bond donors (Lipinski definition) is 1. The van der Waals surface area contributed by atoms with Crippen molar-refractivity contribution in [3.05, 3.63) is 38.9 Å². The molecule has 2 unspecified atom stereocenters. The van der Waals surface area contributed by atoms with Crippen molar-refractivity contribution in [1.82, 2.24) is 4.90 Å². The lowest BCUT2D eigenvalue weighted by Gasteiger charge is -2.34. The number of nitro benzene ring substituents is 1. The Morgan fingerprint density at radius 1 is 1.58 bits per heavy atom. The van der Waals surface area contributed by atoms with Crippen LogP contribution in [0.5, 0.6) is 0 Å². The maximum Gasteiger partial charge on any atom is 0.273 e. The molecule has 1 aliphatic rings. The summed E-state index contributed by atoms with van der Waals surface area (Å²) in [5.41, 5.74) is 0.726. The predicted molar refractivity (Wildman–Crippen MR) is 73.2 cm³/mol. The van der Waals surface area contributed by atoms with Gasteiger partial charge in [0.1, 0.15) is 0 Å². The van der Waals surface area contributed by atoms with Crippen LogP contribution in [0.15, 0.2) is 18.2 Å². The van der Waals surface area contributed by atoms with Crippen LogP contribution < -0.4 is 0 Å². The molecule has 1 aromatic carbocycles. The van der Waals surface area contributed by atoms with E-state index in [9.17, 15) is 15.2 Å². The number of halogens is 1. The standard InChI is InChI=1S/C13H17ClN2O3/c1-9-7-15(5-4-13(9)17)8-10-6-11(14)2-3-12(10)16(18)19/h2-3,6,9,13,17H,4-5,7-8H2,1H3. The molecule has 0 bridgehead atoms. The van der Waals surface area contributed by atoms with E-state index >= 15 is 0 Å². The summed E-state index contributed by atoms with van der Waals surface area (Å²) < 4.78 is 0. The highest BCUT2D eigenvalue weighted by atomic mass is 35.5. The van der Waals surface area contributed by atoms with Crippen LogP contribution in [-0.2, 0) is 6.54 Å². The first-order valence-electron chi connectivity index (χ1n) is 6.30. The number of rotatable bonds is 3. The van der Waals surface area contributed by atoms with Crippen LogP contribution in [0.25, 0.3) is 0 Å². The van der Waals surface area contributed by atoms with Gasteiger partial charge in [0, 0.05) is 36.3 Å². The molecule has 1 saturated heterocycles. The molecule has 19 heavy (non-hydrogen) atoms. The zero-order valence-electron chi connectivity index (χ0n) is 10.8. The third kappa shape index (κ3) is 3.43. The van der Waals surface area contributed by atoms with Crippen molar-refractivity contribution in [1.29, 1.82) is 0 Å². The molecule has 2 rings (SSSR count). The van der Waals surface area contributed by atoms with Gasteiger partial charge in [0.2, 0.25) is 0 Å². The average molecular weight is 285 g/mol. The Balaban J connectivity index is 2.14. The van der Waals surface area contributed by atoms with Gasteiger partial charge in [-0.1, -0.05) is 18.5 Å². The highest BCUT2D eigenvalue weighted by Gasteiger charge is 2.25. The van der Waals surface area contributed by atoms with Crippen LogP contribution in [0.2, 0.25) is 5.02 Å². The van der Waals surface area contributed by atoms with Crippen molar-refractivity contribution >= 4 is 17.3 Å². The van der Waals surface area contributed by atoms with Crippen molar-refractivity contribution < 1.29 is 10.0 Å². The number of hydrogen-bond acceptors (Lipinski definition) is 4. The van der Waals surface area contributed by atoms with E-state index in [2.05, 4.69) is 4.90 Å².